The molecule has 92 valence electrons. The van der Waals surface area contributed by atoms with E-state index in [9.17, 15) is 9.90 Å². The van der Waals surface area contributed by atoms with Crippen molar-refractivity contribution < 1.29 is 9.90 Å². The van der Waals surface area contributed by atoms with Gasteiger partial charge >= 0.3 is 0 Å². The monoisotopic (exact) mass is 243 g/mol. The summed E-state index contributed by atoms with van der Waals surface area (Å²) in [6.45, 7) is 0. The van der Waals surface area contributed by atoms with Crippen LogP contribution in [-0.2, 0) is 11.8 Å². The zero-order valence-electron chi connectivity index (χ0n) is 9.92. The second-order valence-electron chi connectivity index (χ2n) is 4.47. The maximum atomic E-state index is 11.7. The Bertz CT molecular complexity index is 618. The molecule has 5 nitrogen and oxygen atoms in total. The molecule has 2 aromatic rings. The van der Waals surface area contributed by atoms with Crippen LogP contribution in [0.2, 0.25) is 0 Å². The lowest BCUT2D eigenvalue weighted by Crippen LogP contribution is -2.24. The van der Waals surface area contributed by atoms with Gasteiger partial charge in [0.25, 0.3) is 0 Å². The highest BCUT2D eigenvalue weighted by molar-refractivity contribution is 5.94. The molecule has 5 heteroatoms. The number of aromatic hydroxyl groups is 1. The first kappa shape index (κ1) is 10.8. The number of anilines is 1. The number of carbonyl (C=O) groups excluding carboxylic acids is 1. The van der Waals surface area contributed by atoms with Crippen molar-refractivity contribution in [2.45, 2.75) is 12.3 Å². The smallest absolute Gasteiger partial charge is 0.226 e. The lowest BCUT2D eigenvalue weighted by molar-refractivity contribution is -0.116. The van der Waals surface area contributed by atoms with Crippen LogP contribution in [0, 0.1) is 0 Å². The van der Waals surface area contributed by atoms with Crippen molar-refractivity contribution in [3.05, 3.63) is 41.6 Å². The molecule has 2 heterocycles. The number of carbonyl (C=O) groups is 1. The number of nitrogens with zero attached hydrogens (tertiary/aromatic N) is 2. The third kappa shape index (κ3) is 1.64. The van der Waals surface area contributed by atoms with Gasteiger partial charge in [0.05, 0.1) is 6.20 Å². The van der Waals surface area contributed by atoms with Crippen LogP contribution in [0.25, 0.3) is 0 Å². The van der Waals surface area contributed by atoms with Crippen LogP contribution in [0.5, 0.6) is 5.75 Å². The number of nitrogens with one attached hydrogen (secondary N) is 1. The Hall–Kier alpha value is -2.30. The summed E-state index contributed by atoms with van der Waals surface area (Å²) in [7, 11) is 1.80. The van der Waals surface area contributed by atoms with Crippen molar-refractivity contribution in [3.63, 3.8) is 0 Å². The average molecular weight is 243 g/mol. The van der Waals surface area contributed by atoms with Gasteiger partial charge in [0.1, 0.15) is 11.6 Å². The molecule has 3 rings (SSSR count). The Kier molecular flexibility index (Phi) is 2.33. The zero-order chi connectivity index (χ0) is 12.7. The van der Waals surface area contributed by atoms with Gasteiger partial charge in [0, 0.05) is 24.9 Å². The molecule has 18 heavy (non-hydrogen) atoms. The number of phenols is 1. The van der Waals surface area contributed by atoms with E-state index in [4.69, 9.17) is 0 Å². The number of aryl methyl sites for hydroxylation is 1. The van der Waals surface area contributed by atoms with Crippen LogP contribution in [-0.4, -0.2) is 20.8 Å². The molecule has 1 aromatic carbocycles. The van der Waals surface area contributed by atoms with Gasteiger partial charge in [-0.1, -0.05) is 12.1 Å². The fourth-order valence-corrected chi connectivity index (χ4v) is 2.38. The summed E-state index contributed by atoms with van der Waals surface area (Å²) in [5.41, 5.74) is 1.92. The molecule has 0 spiro atoms. The fourth-order valence-electron chi connectivity index (χ4n) is 2.38. The summed E-state index contributed by atoms with van der Waals surface area (Å²) in [4.78, 5) is 11.7. The minimum Gasteiger partial charge on any atom is -0.508 e. The first-order valence-corrected chi connectivity index (χ1v) is 5.76. The van der Waals surface area contributed by atoms with Gasteiger partial charge in [-0.2, -0.15) is 5.10 Å². The average Bonchev–Trinajstić information content (AvgIpc) is 2.70. The number of benzene rings is 1. The molecule has 0 unspecified atom stereocenters. The maximum Gasteiger partial charge on any atom is 0.226 e. The van der Waals surface area contributed by atoms with Gasteiger partial charge in [-0.05, 0) is 17.7 Å². The van der Waals surface area contributed by atoms with Crippen molar-refractivity contribution in [1.29, 1.82) is 0 Å². The van der Waals surface area contributed by atoms with Crippen molar-refractivity contribution in [2.24, 2.45) is 7.05 Å². The molecule has 1 aliphatic rings. The molecule has 0 bridgehead atoms. The quantitative estimate of drug-likeness (QED) is 0.799. The molecular formula is C13H13N3O2. The van der Waals surface area contributed by atoms with Crippen molar-refractivity contribution in [2.75, 3.05) is 5.32 Å². The zero-order valence-corrected chi connectivity index (χ0v) is 9.92. The second kappa shape index (κ2) is 3.87. The maximum absolute atomic E-state index is 11.7. The largest absolute Gasteiger partial charge is 0.508 e. The van der Waals surface area contributed by atoms with E-state index in [2.05, 4.69) is 10.4 Å². The van der Waals surface area contributed by atoms with Crippen molar-refractivity contribution in [1.82, 2.24) is 9.78 Å². The number of amides is 1. The highest BCUT2D eigenvalue weighted by Crippen LogP contribution is 2.37. The SMILES string of the molecule is Cn1ncc2c1NC(=O)C[C@@H]2c1cccc(O)c1. The number of phenolic OH excluding ortho intramolecular Hbond substituents is 1. The number of rotatable bonds is 1. The van der Waals surface area contributed by atoms with Gasteiger partial charge < -0.3 is 10.4 Å². The normalized spacial score (nSPS) is 18.3. The van der Waals surface area contributed by atoms with E-state index in [1.54, 1.807) is 36.1 Å². The van der Waals surface area contributed by atoms with Crippen molar-refractivity contribution >= 4 is 11.7 Å². The summed E-state index contributed by atoms with van der Waals surface area (Å²) in [6, 6.07) is 7.02. The number of fused-ring (bicyclic) bond motifs is 1. The molecule has 0 radical (unpaired) electrons. The standard InChI is InChI=1S/C13H13N3O2/c1-16-13-11(7-14-16)10(6-12(18)15-13)8-3-2-4-9(17)5-8/h2-5,7,10,17H,6H2,1H3,(H,15,18)/t10-/m1/s1. The van der Waals surface area contributed by atoms with Gasteiger partial charge in [-0.25, -0.2) is 0 Å². The third-order valence-corrected chi connectivity index (χ3v) is 3.26. The molecular weight excluding hydrogens is 230 g/mol. The lowest BCUT2D eigenvalue weighted by atomic mass is 9.87. The van der Waals surface area contributed by atoms with E-state index in [1.165, 1.54) is 0 Å². The van der Waals surface area contributed by atoms with Gasteiger partial charge in [-0.15, -0.1) is 0 Å². The Labute approximate surface area is 104 Å². The van der Waals surface area contributed by atoms with E-state index in [1.807, 2.05) is 6.07 Å². The predicted octanol–water partition coefficient (Wildman–Crippen LogP) is 1.60. The Morgan fingerprint density at radius 1 is 1.50 bits per heavy atom. The van der Waals surface area contributed by atoms with Crippen molar-refractivity contribution in [3.8, 4) is 5.75 Å². The molecule has 1 amide bonds. The molecule has 1 atom stereocenters. The van der Waals surface area contributed by atoms with E-state index >= 15 is 0 Å². The van der Waals surface area contributed by atoms with Crippen LogP contribution < -0.4 is 5.32 Å². The topological polar surface area (TPSA) is 67.2 Å². The van der Waals surface area contributed by atoms with E-state index < -0.39 is 0 Å². The van der Waals surface area contributed by atoms with Crippen LogP contribution in [0.1, 0.15) is 23.5 Å². The molecule has 2 N–H and O–H groups in total. The van der Waals surface area contributed by atoms with E-state index in [0.717, 1.165) is 16.9 Å². The van der Waals surface area contributed by atoms with Crippen LogP contribution in [0.3, 0.4) is 0 Å². The number of hydrogen-bond donors (Lipinski definition) is 2. The summed E-state index contributed by atoms with van der Waals surface area (Å²) in [5, 5.41) is 16.5. The predicted molar refractivity (Wildman–Crippen MR) is 66.4 cm³/mol. The molecule has 0 saturated carbocycles. The van der Waals surface area contributed by atoms with Gasteiger partial charge in [-0.3, -0.25) is 9.48 Å². The minimum absolute atomic E-state index is 0.0283. The molecule has 1 aliphatic heterocycles. The second-order valence-corrected chi connectivity index (χ2v) is 4.47. The Balaban J connectivity index is 2.10. The summed E-state index contributed by atoms with van der Waals surface area (Å²) < 4.78 is 1.65. The summed E-state index contributed by atoms with van der Waals surface area (Å²) >= 11 is 0. The van der Waals surface area contributed by atoms with Crippen LogP contribution in [0.4, 0.5) is 5.82 Å². The molecule has 0 fully saturated rings. The molecule has 0 aliphatic carbocycles. The van der Waals surface area contributed by atoms with Gasteiger partial charge in [0.2, 0.25) is 5.91 Å². The fraction of sp³-hybridized carbons (Fsp3) is 0.231. The lowest BCUT2D eigenvalue weighted by Gasteiger charge is -2.23. The first-order chi connectivity index (χ1) is 8.65. The third-order valence-electron chi connectivity index (χ3n) is 3.26. The Morgan fingerprint density at radius 2 is 2.33 bits per heavy atom. The van der Waals surface area contributed by atoms with Gasteiger partial charge in [0.15, 0.2) is 0 Å². The summed E-state index contributed by atoms with van der Waals surface area (Å²) in [6.07, 6.45) is 2.14. The number of hydrogen-bond acceptors (Lipinski definition) is 3. The highest BCUT2D eigenvalue weighted by atomic mass is 16.3. The van der Waals surface area contributed by atoms with E-state index in [0.29, 0.717) is 6.42 Å². The minimum atomic E-state index is -0.0467. The van der Waals surface area contributed by atoms with Crippen LogP contribution >= 0.6 is 0 Å². The number of aromatic nitrogens is 2. The van der Waals surface area contributed by atoms with E-state index in [-0.39, 0.29) is 17.6 Å². The Morgan fingerprint density at radius 3 is 3.11 bits per heavy atom. The highest BCUT2D eigenvalue weighted by Gasteiger charge is 2.29. The summed E-state index contributed by atoms with van der Waals surface area (Å²) in [5.74, 6) is 0.873. The van der Waals surface area contributed by atoms with Crippen LogP contribution in [0.15, 0.2) is 30.5 Å². The first-order valence-electron chi connectivity index (χ1n) is 5.76. The molecule has 0 saturated heterocycles. The molecule has 1 aromatic heterocycles.